The van der Waals surface area contributed by atoms with Gasteiger partial charge in [0, 0.05) is 34.9 Å². The number of carbonyl (C=O) groups is 2. The van der Waals surface area contributed by atoms with Crippen molar-refractivity contribution in [3.05, 3.63) is 59.8 Å². The summed E-state index contributed by atoms with van der Waals surface area (Å²) in [6, 6.07) is 14.9. The summed E-state index contributed by atoms with van der Waals surface area (Å²) >= 11 is 6.06. The molecule has 190 valence electrons. The van der Waals surface area contributed by atoms with Gasteiger partial charge in [0.1, 0.15) is 5.75 Å². The van der Waals surface area contributed by atoms with Gasteiger partial charge in [-0.05, 0) is 55.2 Å². The Morgan fingerprint density at radius 3 is 2.39 bits per heavy atom. The SMILES string of the molecule is COc1ccc(-n2cc(-c3ccc(Cl)cc3)nc2NC(=O)CN(CC(C)C)C(=O)C2CCCC2)cc1. The molecule has 0 aliphatic heterocycles. The van der Waals surface area contributed by atoms with Crippen molar-refractivity contribution in [2.24, 2.45) is 11.8 Å². The van der Waals surface area contributed by atoms with Gasteiger partial charge in [0.25, 0.3) is 0 Å². The fourth-order valence-corrected chi connectivity index (χ4v) is 4.74. The van der Waals surface area contributed by atoms with Crippen LogP contribution >= 0.6 is 11.6 Å². The highest BCUT2D eigenvalue weighted by atomic mass is 35.5. The molecule has 2 amide bonds. The molecule has 0 unspecified atom stereocenters. The number of benzene rings is 2. The minimum atomic E-state index is -0.273. The number of anilines is 1. The number of rotatable bonds is 9. The van der Waals surface area contributed by atoms with Crippen molar-refractivity contribution in [1.29, 1.82) is 0 Å². The number of hydrogen-bond acceptors (Lipinski definition) is 4. The number of ether oxygens (including phenoxy) is 1. The van der Waals surface area contributed by atoms with Gasteiger partial charge in [0.05, 0.1) is 19.3 Å². The first kappa shape index (κ1) is 25.8. The lowest BCUT2D eigenvalue weighted by molar-refractivity contribution is -0.138. The van der Waals surface area contributed by atoms with E-state index in [9.17, 15) is 9.59 Å². The third-order valence-electron chi connectivity index (χ3n) is 6.38. The van der Waals surface area contributed by atoms with E-state index in [0.717, 1.165) is 42.7 Å². The molecule has 1 aromatic heterocycles. The molecule has 1 saturated carbocycles. The molecular formula is C28H33ClN4O3. The Kier molecular flexibility index (Phi) is 8.31. The predicted octanol–water partition coefficient (Wildman–Crippen LogP) is 5.81. The molecule has 1 fully saturated rings. The van der Waals surface area contributed by atoms with Crippen LogP contribution in [0.2, 0.25) is 5.02 Å². The second-order valence-electron chi connectivity index (χ2n) is 9.67. The van der Waals surface area contributed by atoms with Gasteiger partial charge in [0.15, 0.2) is 0 Å². The first-order valence-electron chi connectivity index (χ1n) is 12.4. The van der Waals surface area contributed by atoms with E-state index in [1.807, 2.05) is 47.2 Å². The van der Waals surface area contributed by atoms with Crippen molar-refractivity contribution in [1.82, 2.24) is 14.5 Å². The highest BCUT2D eigenvalue weighted by molar-refractivity contribution is 6.30. The Morgan fingerprint density at radius 1 is 1.11 bits per heavy atom. The van der Waals surface area contributed by atoms with E-state index in [1.165, 1.54) is 0 Å². The highest BCUT2D eigenvalue weighted by Gasteiger charge is 2.29. The van der Waals surface area contributed by atoms with Crippen molar-refractivity contribution in [3.8, 4) is 22.7 Å². The van der Waals surface area contributed by atoms with Gasteiger partial charge in [-0.1, -0.05) is 50.4 Å². The van der Waals surface area contributed by atoms with Gasteiger partial charge in [-0.2, -0.15) is 0 Å². The van der Waals surface area contributed by atoms with E-state index in [0.29, 0.717) is 23.2 Å². The number of hydrogen-bond donors (Lipinski definition) is 1. The number of carbonyl (C=O) groups excluding carboxylic acids is 2. The molecule has 0 atom stereocenters. The number of nitrogens with one attached hydrogen (secondary N) is 1. The van der Waals surface area contributed by atoms with E-state index in [1.54, 1.807) is 24.1 Å². The van der Waals surface area contributed by atoms with Crippen LogP contribution in [-0.2, 0) is 9.59 Å². The van der Waals surface area contributed by atoms with Crippen molar-refractivity contribution >= 4 is 29.4 Å². The normalized spacial score (nSPS) is 13.7. The second-order valence-corrected chi connectivity index (χ2v) is 10.1. The van der Waals surface area contributed by atoms with Crippen LogP contribution in [0.15, 0.2) is 54.7 Å². The first-order chi connectivity index (χ1) is 17.3. The maximum absolute atomic E-state index is 13.2. The summed E-state index contributed by atoms with van der Waals surface area (Å²) in [6.45, 7) is 4.66. The van der Waals surface area contributed by atoms with Crippen LogP contribution in [0.1, 0.15) is 39.5 Å². The molecule has 0 spiro atoms. The number of aromatic nitrogens is 2. The smallest absolute Gasteiger partial charge is 0.246 e. The molecule has 3 aromatic rings. The molecule has 1 aliphatic carbocycles. The van der Waals surface area contributed by atoms with Crippen LogP contribution in [0, 0.1) is 11.8 Å². The van der Waals surface area contributed by atoms with Crippen molar-refractivity contribution < 1.29 is 14.3 Å². The quantitative estimate of drug-likeness (QED) is 0.395. The van der Waals surface area contributed by atoms with Crippen LogP contribution in [0.5, 0.6) is 5.75 Å². The molecule has 2 aromatic carbocycles. The van der Waals surface area contributed by atoms with Gasteiger partial charge >= 0.3 is 0 Å². The summed E-state index contributed by atoms with van der Waals surface area (Å²) in [6.07, 6.45) is 5.83. The number of methoxy groups -OCH3 is 1. The molecule has 1 N–H and O–H groups in total. The summed E-state index contributed by atoms with van der Waals surface area (Å²) in [5.74, 6) is 1.21. The third-order valence-corrected chi connectivity index (χ3v) is 6.64. The van der Waals surface area contributed by atoms with Crippen LogP contribution in [-0.4, -0.2) is 46.5 Å². The number of halogens is 1. The van der Waals surface area contributed by atoms with Gasteiger partial charge in [-0.25, -0.2) is 4.98 Å². The highest BCUT2D eigenvalue weighted by Crippen LogP contribution is 2.28. The predicted molar refractivity (Wildman–Crippen MR) is 143 cm³/mol. The minimum absolute atomic E-state index is 0.000730. The number of nitrogens with zero attached hydrogens (tertiary/aromatic N) is 3. The second kappa shape index (κ2) is 11.6. The molecule has 0 saturated heterocycles. The fraction of sp³-hybridized carbons (Fsp3) is 0.393. The Morgan fingerprint density at radius 2 is 1.78 bits per heavy atom. The van der Waals surface area contributed by atoms with Crippen molar-refractivity contribution in [2.45, 2.75) is 39.5 Å². The molecule has 4 rings (SSSR count). The number of imidazole rings is 1. The van der Waals surface area contributed by atoms with E-state index in [-0.39, 0.29) is 30.2 Å². The minimum Gasteiger partial charge on any atom is -0.497 e. The molecule has 0 radical (unpaired) electrons. The Balaban J connectivity index is 1.60. The molecule has 1 aliphatic rings. The molecular weight excluding hydrogens is 476 g/mol. The maximum atomic E-state index is 13.2. The van der Waals surface area contributed by atoms with E-state index >= 15 is 0 Å². The summed E-state index contributed by atoms with van der Waals surface area (Å²) in [7, 11) is 1.62. The van der Waals surface area contributed by atoms with E-state index in [2.05, 4.69) is 19.2 Å². The van der Waals surface area contributed by atoms with Crippen LogP contribution in [0.3, 0.4) is 0 Å². The zero-order valence-corrected chi connectivity index (χ0v) is 21.8. The zero-order valence-electron chi connectivity index (χ0n) is 21.0. The summed E-state index contributed by atoms with van der Waals surface area (Å²) in [5.41, 5.74) is 2.39. The lowest BCUT2D eigenvalue weighted by Gasteiger charge is -2.26. The lowest BCUT2D eigenvalue weighted by Crippen LogP contribution is -2.43. The Hall–Kier alpha value is -3.32. The van der Waals surface area contributed by atoms with Crippen LogP contribution in [0.25, 0.3) is 16.9 Å². The Labute approximate surface area is 217 Å². The van der Waals surface area contributed by atoms with E-state index in [4.69, 9.17) is 21.3 Å². The van der Waals surface area contributed by atoms with E-state index < -0.39 is 0 Å². The first-order valence-corrected chi connectivity index (χ1v) is 12.8. The Bertz CT molecular complexity index is 1180. The molecule has 7 nitrogen and oxygen atoms in total. The topological polar surface area (TPSA) is 76.5 Å². The summed E-state index contributed by atoms with van der Waals surface area (Å²) < 4.78 is 7.11. The molecule has 8 heteroatoms. The summed E-state index contributed by atoms with van der Waals surface area (Å²) in [4.78, 5) is 32.8. The standard InChI is InChI=1S/C28H33ClN4O3/c1-19(2)16-32(27(35)21-6-4-5-7-21)18-26(34)31-28-30-25(20-8-10-22(29)11-9-20)17-33(28)23-12-14-24(36-3)15-13-23/h8-15,17,19,21H,4-7,16,18H2,1-3H3,(H,30,31,34). The van der Waals surface area contributed by atoms with Crippen LogP contribution in [0.4, 0.5) is 5.95 Å². The number of amides is 2. The summed E-state index contributed by atoms with van der Waals surface area (Å²) in [5, 5.41) is 3.59. The molecule has 36 heavy (non-hydrogen) atoms. The van der Waals surface area contributed by atoms with Gasteiger partial charge < -0.3 is 9.64 Å². The monoisotopic (exact) mass is 508 g/mol. The van der Waals surface area contributed by atoms with Gasteiger partial charge in [-0.15, -0.1) is 0 Å². The average Bonchev–Trinajstić information content (AvgIpc) is 3.54. The fourth-order valence-electron chi connectivity index (χ4n) is 4.61. The average molecular weight is 509 g/mol. The van der Waals surface area contributed by atoms with Gasteiger partial charge in [-0.3, -0.25) is 19.5 Å². The van der Waals surface area contributed by atoms with Crippen molar-refractivity contribution in [3.63, 3.8) is 0 Å². The van der Waals surface area contributed by atoms with Gasteiger partial charge in [0.2, 0.25) is 17.8 Å². The largest absolute Gasteiger partial charge is 0.497 e. The molecule has 0 bridgehead atoms. The maximum Gasteiger partial charge on any atom is 0.246 e. The third kappa shape index (κ3) is 6.26. The lowest BCUT2D eigenvalue weighted by atomic mass is 10.1. The van der Waals surface area contributed by atoms with Crippen LogP contribution < -0.4 is 10.1 Å². The van der Waals surface area contributed by atoms with Crippen molar-refractivity contribution in [2.75, 3.05) is 25.5 Å². The zero-order chi connectivity index (χ0) is 25.7. The molecule has 1 heterocycles.